The molecule has 0 saturated heterocycles. The minimum atomic E-state index is 0.714. The molecule has 2 aromatic heterocycles. The van der Waals surface area contributed by atoms with Crippen LogP contribution in [0.3, 0.4) is 0 Å². The van der Waals surface area contributed by atoms with Crippen molar-refractivity contribution in [3.63, 3.8) is 0 Å². The Kier molecular flexibility index (Phi) is 2.85. The molecule has 84 valence electrons. The van der Waals surface area contributed by atoms with Gasteiger partial charge in [0.25, 0.3) is 0 Å². The molecule has 3 rings (SSSR count). The largest absolute Gasteiger partial charge is 0.238 e. The first-order valence-electron chi connectivity index (χ1n) is 4.84. The van der Waals surface area contributed by atoms with Gasteiger partial charge < -0.3 is 0 Å². The highest BCUT2D eigenvalue weighted by Gasteiger charge is 2.10. The van der Waals surface area contributed by atoms with Gasteiger partial charge in [0.15, 0.2) is 4.34 Å². The van der Waals surface area contributed by atoms with Crippen molar-refractivity contribution in [3.8, 4) is 5.69 Å². The number of benzene rings is 1. The van der Waals surface area contributed by atoms with Crippen LogP contribution in [0.2, 0.25) is 0 Å². The molecule has 0 bridgehead atoms. The average molecular weight is 261 g/mol. The van der Waals surface area contributed by atoms with Crippen molar-refractivity contribution in [2.24, 2.45) is 0 Å². The molecule has 7 heteroatoms. The Labute approximate surface area is 106 Å². The van der Waals surface area contributed by atoms with Crippen molar-refractivity contribution in [2.45, 2.75) is 9.50 Å². The third-order valence-electron chi connectivity index (χ3n) is 2.03. The fourth-order valence-electron chi connectivity index (χ4n) is 1.31. The van der Waals surface area contributed by atoms with E-state index in [0.29, 0.717) is 5.16 Å². The molecule has 1 aromatic carbocycles. The van der Waals surface area contributed by atoms with Crippen LogP contribution in [0.15, 0.2) is 51.4 Å². The maximum atomic E-state index is 4.20. The number of nitrogens with zero attached hydrogens (tertiary/aromatic N) is 5. The predicted molar refractivity (Wildman–Crippen MR) is 65.4 cm³/mol. The molecule has 0 fully saturated rings. The molecule has 5 nitrogen and oxygen atoms in total. The van der Waals surface area contributed by atoms with Gasteiger partial charge in [-0.05, 0) is 34.3 Å². The number of thiazole rings is 1. The highest BCUT2D eigenvalue weighted by atomic mass is 32.2. The molecule has 2 heterocycles. The molecule has 17 heavy (non-hydrogen) atoms. The van der Waals surface area contributed by atoms with E-state index in [-0.39, 0.29) is 0 Å². The summed E-state index contributed by atoms with van der Waals surface area (Å²) in [4.78, 5) is 4.20. The van der Waals surface area contributed by atoms with Crippen LogP contribution in [0.1, 0.15) is 0 Å². The van der Waals surface area contributed by atoms with E-state index in [0.717, 1.165) is 10.0 Å². The van der Waals surface area contributed by atoms with Gasteiger partial charge in [-0.1, -0.05) is 18.2 Å². The highest BCUT2D eigenvalue weighted by Crippen LogP contribution is 2.28. The first-order valence-corrected chi connectivity index (χ1v) is 6.54. The summed E-state index contributed by atoms with van der Waals surface area (Å²) in [5.74, 6) is 0. The molecule has 0 saturated carbocycles. The highest BCUT2D eigenvalue weighted by molar-refractivity contribution is 8.00. The monoisotopic (exact) mass is 261 g/mol. The van der Waals surface area contributed by atoms with Crippen molar-refractivity contribution in [2.75, 3.05) is 0 Å². The first-order chi connectivity index (χ1) is 8.43. The standard InChI is InChI=1S/C10H7N5S2/c1-2-4-8(5-3-1)15-9(12-13-14-15)17-10-11-6-7-16-10/h1-7H. The molecule has 0 spiro atoms. The van der Waals surface area contributed by atoms with E-state index in [2.05, 4.69) is 20.5 Å². The van der Waals surface area contributed by atoms with Crippen LogP contribution in [-0.2, 0) is 0 Å². The van der Waals surface area contributed by atoms with Crippen molar-refractivity contribution < 1.29 is 0 Å². The van der Waals surface area contributed by atoms with Crippen LogP contribution >= 0.6 is 23.1 Å². The molecule has 0 aliphatic carbocycles. The van der Waals surface area contributed by atoms with Gasteiger partial charge in [0.1, 0.15) is 0 Å². The molecule has 0 N–H and O–H groups in total. The van der Waals surface area contributed by atoms with E-state index in [4.69, 9.17) is 0 Å². The number of rotatable bonds is 3. The summed E-state index contributed by atoms with van der Waals surface area (Å²) in [7, 11) is 0. The summed E-state index contributed by atoms with van der Waals surface area (Å²) in [6.07, 6.45) is 1.77. The zero-order valence-electron chi connectivity index (χ0n) is 8.59. The van der Waals surface area contributed by atoms with E-state index in [1.54, 1.807) is 22.2 Å². The lowest BCUT2D eigenvalue weighted by molar-refractivity contribution is 0.756. The van der Waals surface area contributed by atoms with Gasteiger partial charge in [-0.25, -0.2) is 4.98 Å². The molecule has 0 aliphatic rings. The lowest BCUT2D eigenvalue weighted by Gasteiger charge is -2.01. The lowest BCUT2D eigenvalue weighted by Crippen LogP contribution is -1.98. The lowest BCUT2D eigenvalue weighted by atomic mass is 10.3. The van der Waals surface area contributed by atoms with Gasteiger partial charge in [0, 0.05) is 11.6 Å². The van der Waals surface area contributed by atoms with Crippen LogP contribution in [0.25, 0.3) is 5.69 Å². The summed E-state index contributed by atoms with van der Waals surface area (Å²) >= 11 is 3.02. The Balaban J connectivity index is 1.95. The van der Waals surface area contributed by atoms with E-state index < -0.39 is 0 Å². The zero-order valence-corrected chi connectivity index (χ0v) is 10.2. The Morgan fingerprint density at radius 2 is 2.06 bits per heavy atom. The summed E-state index contributed by atoms with van der Waals surface area (Å²) in [5, 5.41) is 14.3. The quantitative estimate of drug-likeness (QED) is 0.724. The topological polar surface area (TPSA) is 56.5 Å². The Bertz CT molecular complexity index is 590. The summed E-state index contributed by atoms with van der Waals surface area (Å²) in [6, 6.07) is 9.79. The Hall–Kier alpha value is -1.73. The maximum Gasteiger partial charge on any atom is 0.221 e. The first kappa shape index (κ1) is 10.4. The number of hydrogen-bond donors (Lipinski definition) is 0. The summed E-state index contributed by atoms with van der Waals surface area (Å²) in [6.45, 7) is 0. The SMILES string of the molecule is c1ccc(-n2nnnc2Sc2nccs2)cc1. The van der Waals surface area contributed by atoms with Crippen molar-refractivity contribution >= 4 is 23.1 Å². The predicted octanol–water partition coefficient (Wildman–Crippen LogP) is 2.27. The Morgan fingerprint density at radius 1 is 1.18 bits per heavy atom. The molecule has 0 atom stereocenters. The summed E-state index contributed by atoms with van der Waals surface area (Å²) in [5.41, 5.74) is 0.941. The number of aromatic nitrogens is 5. The van der Waals surface area contributed by atoms with Crippen LogP contribution < -0.4 is 0 Å². The minimum absolute atomic E-state index is 0.714. The van der Waals surface area contributed by atoms with Crippen molar-refractivity contribution in [1.82, 2.24) is 25.2 Å². The van der Waals surface area contributed by atoms with Gasteiger partial charge in [0.2, 0.25) is 5.16 Å². The number of hydrogen-bond acceptors (Lipinski definition) is 6. The van der Waals surface area contributed by atoms with E-state index in [1.807, 2.05) is 35.7 Å². The fraction of sp³-hybridized carbons (Fsp3) is 0. The van der Waals surface area contributed by atoms with E-state index in [9.17, 15) is 0 Å². The second-order valence-electron chi connectivity index (χ2n) is 3.11. The van der Waals surface area contributed by atoms with Crippen molar-refractivity contribution in [1.29, 1.82) is 0 Å². The van der Waals surface area contributed by atoms with Crippen LogP contribution in [0, 0.1) is 0 Å². The molecular formula is C10H7N5S2. The smallest absolute Gasteiger partial charge is 0.221 e. The van der Waals surface area contributed by atoms with Gasteiger partial charge in [0.05, 0.1) is 5.69 Å². The average Bonchev–Trinajstić information content (AvgIpc) is 3.02. The number of para-hydroxylation sites is 1. The molecule has 3 aromatic rings. The molecule has 0 unspecified atom stereocenters. The normalized spacial score (nSPS) is 10.6. The second kappa shape index (κ2) is 4.64. The zero-order chi connectivity index (χ0) is 11.5. The van der Waals surface area contributed by atoms with Gasteiger partial charge in [-0.15, -0.1) is 16.4 Å². The third-order valence-corrected chi connectivity index (χ3v) is 3.85. The van der Waals surface area contributed by atoms with Gasteiger partial charge in [-0.2, -0.15) is 4.68 Å². The molecule has 0 amide bonds. The van der Waals surface area contributed by atoms with E-state index in [1.165, 1.54) is 11.8 Å². The molecule has 0 radical (unpaired) electrons. The molecule has 0 aliphatic heterocycles. The van der Waals surface area contributed by atoms with Gasteiger partial charge >= 0.3 is 0 Å². The maximum absolute atomic E-state index is 4.20. The van der Waals surface area contributed by atoms with Gasteiger partial charge in [-0.3, -0.25) is 0 Å². The van der Waals surface area contributed by atoms with Crippen molar-refractivity contribution in [3.05, 3.63) is 41.9 Å². The number of tetrazole rings is 1. The van der Waals surface area contributed by atoms with Crippen LogP contribution in [0.5, 0.6) is 0 Å². The van der Waals surface area contributed by atoms with Crippen LogP contribution in [0.4, 0.5) is 0 Å². The molecular weight excluding hydrogens is 254 g/mol. The van der Waals surface area contributed by atoms with Crippen LogP contribution in [-0.4, -0.2) is 25.2 Å². The third kappa shape index (κ3) is 2.20. The van der Waals surface area contributed by atoms with E-state index >= 15 is 0 Å². The fourth-order valence-corrected chi connectivity index (χ4v) is 2.83. The second-order valence-corrected chi connectivity index (χ2v) is 5.22. The minimum Gasteiger partial charge on any atom is -0.238 e. The summed E-state index contributed by atoms with van der Waals surface area (Å²) < 4.78 is 2.63. The Morgan fingerprint density at radius 3 is 2.82 bits per heavy atom.